The molecule has 1 rings (SSSR count). The van der Waals surface area contributed by atoms with Crippen molar-refractivity contribution in [3.63, 3.8) is 0 Å². The van der Waals surface area contributed by atoms with Gasteiger partial charge in [0.15, 0.2) is 0 Å². The number of hydrogen-bond acceptors (Lipinski definition) is 4. The molecular weight excluding hydrogens is 216 g/mol. The molecule has 0 saturated carbocycles. The summed E-state index contributed by atoms with van der Waals surface area (Å²) in [6.45, 7) is 5.74. The summed E-state index contributed by atoms with van der Waals surface area (Å²) < 4.78 is 4.95. The fourth-order valence-corrected chi connectivity index (χ4v) is 1.21. The molecule has 0 spiro atoms. The van der Waals surface area contributed by atoms with Crippen LogP contribution in [0.2, 0.25) is 0 Å². The van der Waals surface area contributed by atoms with Gasteiger partial charge in [-0.05, 0) is 32.9 Å². The molecular formula is C13H16N2O2. The lowest BCUT2D eigenvalue weighted by atomic mass is 10.1. The monoisotopic (exact) mass is 232 g/mol. The van der Waals surface area contributed by atoms with Gasteiger partial charge in [-0.25, -0.2) is 9.78 Å². The summed E-state index contributed by atoms with van der Waals surface area (Å²) in [4.78, 5) is 15.8. The Balaban J connectivity index is 3.01. The number of carbonyl (C=O) groups excluding carboxylic acids is 1. The van der Waals surface area contributed by atoms with Crippen LogP contribution in [0.15, 0.2) is 18.3 Å². The molecule has 0 bridgehead atoms. The van der Waals surface area contributed by atoms with Crippen LogP contribution in [0, 0.1) is 12.3 Å². The third-order valence-electron chi connectivity index (χ3n) is 2.09. The molecule has 1 aromatic heterocycles. The molecule has 0 saturated heterocycles. The molecule has 4 nitrogen and oxygen atoms in total. The first kappa shape index (κ1) is 13.0. The molecule has 0 unspecified atom stereocenters. The van der Waals surface area contributed by atoms with Gasteiger partial charge < -0.3 is 10.1 Å². The van der Waals surface area contributed by atoms with Gasteiger partial charge in [-0.1, -0.05) is 5.92 Å². The van der Waals surface area contributed by atoms with Crippen molar-refractivity contribution in [1.82, 2.24) is 4.98 Å². The molecule has 0 aliphatic heterocycles. The Bertz CT molecular complexity index is 447. The fraction of sp³-hybridized carbons (Fsp3) is 0.385. The number of esters is 1. The molecule has 1 N–H and O–H groups in total. The third kappa shape index (κ3) is 3.49. The highest BCUT2D eigenvalue weighted by Crippen LogP contribution is 2.17. The number of ether oxygens (including phenoxy) is 1. The van der Waals surface area contributed by atoms with Crippen LogP contribution < -0.4 is 5.32 Å². The first-order chi connectivity index (χ1) is 8.00. The zero-order valence-electron chi connectivity index (χ0n) is 10.3. The number of pyridine rings is 1. The van der Waals surface area contributed by atoms with E-state index in [9.17, 15) is 4.79 Å². The standard InChI is InChI=1S/C13H16N2O2/c1-5-13(3,4)15-11-10(8-7-9-14-11)12(16)17-6-2/h1,7-9H,6H2,2-4H3,(H,14,15). The molecule has 1 heterocycles. The van der Waals surface area contributed by atoms with E-state index in [1.807, 2.05) is 13.8 Å². The van der Waals surface area contributed by atoms with E-state index in [1.54, 1.807) is 25.3 Å². The molecule has 90 valence electrons. The van der Waals surface area contributed by atoms with Gasteiger partial charge in [0.2, 0.25) is 0 Å². The summed E-state index contributed by atoms with van der Waals surface area (Å²) in [7, 11) is 0. The first-order valence-electron chi connectivity index (χ1n) is 5.38. The lowest BCUT2D eigenvalue weighted by Crippen LogP contribution is -2.30. The lowest BCUT2D eigenvalue weighted by molar-refractivity contribution is 0.0527. The summed E-state index contributed by atoms with van der Waals surface area (Å²) in [5, 5.41) is 3.03. The van der Waals surface area contributed by atoms with Gasteiger partial charge in [0.25, 0.3) is 0 Å². The summed E-state index contributed by atoms with van der Waals surface area (Å²) in [5.74, 6) is 2.62. The minimum Gasteiger partial charge on any atom is -0.462 e. The number of carbonyl (C=O) groups is 1. The van der Waals surface area contributed by atoms with E-state index < -0.39 is 11.5 Å². The van der Waals surface area contributed by atoms with E-state index in [0.29, 0.717) is 18.0 Å². The van der Waals surface area contributed by atoms with Crippen LogP contribution >= 0.6 is 0 Å². The summed E-state index contributed by atoms with van der Waals surface area (Å²) in [6, 6.07) is 3.33. The van der Waals surface area contributed by atoms with Crippen molar-refractivity contribution in [2.24, 2.45) is 0 Å². The van der Waals surface area contributed by atoms with E-state index in [-0.39, 0.29) is 0 Å². The maximum atomic E-state index is 11.7. The minimum atomic E-state index is -0.574. The van der Waals surface area contributed by atoms with E-state index >= 15 is 0 Å². The third-order valence-corrected chi connectivity index (χ3v) is 2.09. The largest absolute Gasteiger partial charge is 0.462 e. The highest BCUT2D eigenvalue weighted by Gasteiger charge is 2.19. The van der Waals surface area contributed by atoms with Gasteiger partial charge in [-0.2, -0.15) is 0 Å². The number of nitrogens with zero attached hydrogens (tertiary/aromatic N) is 1. The number of rotatable bonds is 4. The van der Waals surface area contributed by atoms with Crippen LogP contribution in [0.1, 0.15) is 31.1 Å². The molecule has 17 heavy (non-hydrogen) atoms. The first-order valence-corrected chi connectivity index (χ1v) is 5.38. The molecule has 0 fully saturated rings. The average molecular weight is 232 g/mol. The van der Waals surface area contributed by atoms with Gasteiger partial charge in [0.1, 0.15) is 11.4 Å². The zero-order valence-corrected chi connectivity index (χ0v) is 10.3. The van der Waals surface area contributed by atoms with Crippen LogP contribution in [0.3, 0.4) is 0 Å². The Hall–Kier alpha value is -2.02. The van der Waals surface area contributed by atoms with Crippen LogP contribution in [0.5, 0.6) is 0 Å². The molecule has 0 amide bonds. The maximum absolute atomic E-state index is 11.7. The van der Waals surface area contributed by atoms with Crippen LogP contribution in [-0.2, 0) is 4.74 Å². The molecule has 0 aliphatic rings. The Morgan fingerprint density at radius 3 is 2.94 bits per heavy atom. The van der Waals surface area contributed by atoms with Crippen LogP contribution in [-0.4, -0.2) is 23.1 Å². The molecule has 4 heteroatoms. The van der Waals surface area contributed by atoms with E-state index in [2.05, 4.69) is 16.2 Å². The van der Waals surface area contributed by atoms with Gasteiger partial charge in [0, 0.05) is 6.20 Å². The predicted molar refractivity (Wildman–Crippen MR) is 66.7 cm³/mol. The quantitative estimate of drug-likeness (QED) is 0.638. The van der Waals surface area contributed by atoms with Crippen LogP contribution in [0.25, 0.3) is 0 Å². The minimum absolute atomic E-state index is 0.325. The van der Waals surface area contributed by atoms with Crippen LogP contribution in [0.4, 0.5) is 5.82 Å². The van der Waals surface area contributed by atoms with Crippen molar-refractivity contribution < 1.29 is 9.53 Å². The topological polar surface area (TPSA) is 51.2 Å². The van der Waals surface area contributed by atoms with E-state index in [1.165, 1.54) is 0 Å². The fourth-order valence-electron chi connectivity index (χ4n) is 1.21. The molecule has 0 aliphatic carbocycles. The summed E-state index contributed by atoms with van der Waals surface area (Å²) in [5.41, 5.74) is -0.187. The number of anilines is 1. The number of aromatic nitrogens is 1. The second-order valence-electron chi connectivity index (χ2n) is 4.01. The molecule has 0 aromatic carbocycles. The Morgan fingerprint density at radius 2 is 2.35 bits per heavy atom. The van der Waals surface area contributed by atoms with Gasteiger partial charge in [-0.3, -0.25) is 0 Å². The van der Waals surface area contributed by atoms with Crippen molar-refractivity contribution in [2.45, 2.75) is 26.3 Å². The second kappa shape index (κ2) is 5.35. The highest BCUT2D eigenvalue weighted by atomic mass is 16.5. The average Bonchev–Trinajstić information content (AvgIpc) is 2.29. The second-order valence-corrected chi connectivity index (χ2v) is 4.01. The van der Waals surface area contributed by atoms with Crippen molar-refractivity contribution in [2.75, 3.05) is 11.9 Å². The molecule has 1 aromatic rings. The van der Waals surface area contributed by atoms with Crippen molar-refractivity contribution in [3.8, 4) is 12.3 Å². The smallest absolute Gasteiger partial charge is 0.341 e. The van der Waals surface area contributed by atoms with E-state index in [4.69, 9.17) is 11.2 Å². The van der Waals surface area contributed by atoms with Gasteiger partial charge in [-0.15, -0.1) is 6.42 Å². The van der Waals surface area contributed by atoms with Gasteiger partial charge in [0.05, 0.1) is 12.1 Å². The Labute approximate surface area is 101 Å². The van der Waals surface area contributed by atoms with E-state index in [0.717, 1.165) is 0 Å². The molecule has 0 atom stereocenters. The molecule has 0 radical (unpaired) electrons. The number of nitrogens with one attached hydrogen (secondary N) is 1. The number of hydrogen-bond donors (Lipinski definition) is 1. The SMILES string of the molecule is C#CC(C)(C)Nc1ncccc1C(=O)OCC. The van der Waals surface area contributed by atoms with Gasteiger partial charge >= 0.3 is 5.97 Å². The lowest BCUT2D eigenvalue weighted by Gasteiger charge is -2.21. The maximum Gasteiger partial charge on any atom is 0.341 e. The Kier molecular flexibility index (Phi) is 4.11. The van der Waals surface area contributed by atoms with Crippen molar-refractivity contribution >= 4 is 11.8 Å². The number of terminal acetylenes is 1. The van der Waals surface area contributed by atoms with Crippen molar-refractivity contribution in [3.05, 3.63) is 23.9 Å². The highest BCUT2D eigenvalue weighted by molar-refractivity contribution is 5.94. The van der Waals surface area contributed by atoms with Crippen molar-refractivity contribution in [1.29, 1.82) is 0 Å². The summed E-state index contributed by atoms with van der Waals surface area (Å²) in [6.07, 6.45) is 6.98. The normalized spacial score (nSPS) is 10.5. The summed E-state index contributed by atoms with van der Waals surface area (Å²) >= 11 is 0. The Morgan fingerprint density at radius 1 is 1.65 bits per heavy atom. The predicted octanol–water partition coefficient (Wildman–Crippen LogP) is 2.08. The zero-order chi connectivity index (χ0) is 12.9.